The van der Waals surface area contributed by atoms with E-state index in [0.717, 1.165) is 74.8 Å². The molecule has 0 bridgehead atoms. The molecule has 4 aliphatic carbocycles. The normalized spacial score (nSPS) is 42.9. The molecule has 2 heterocycles. The number of piperidine rings is 1. The first kappa shape index (κ1) is 32.7. The highest BCUT2D eigenvalue weighted by Gasteiger charge is 2.64. The molecular formula is C37H63N3O4. The molecule has 6 aliphatic rings. The van der Waals surface area contributed by atoms with Crippen LogP contribution in [0.4, 0.5) is 0 Å². The van der Waals surface area contributed by atoms with E-state index in [0.29, 0.717) is 48.0 Å². The minimum atomic E-state index is -0.129. The summed E-state index contributed by atoms with van der Waals surface area (Å²) >= 11 is 0. The molecule has 0 aromatic heterocycles. The van der Waals surface area contributed by atoms with Gasteiger partial charge in [-0.2, -0.15) is 0 Å². The van der Waals surface area contributed by atoms with Gasteiger partial charge in [-0.15, -0.1) is 0 Å². The molecular weight excluding hydrogens is 550 g/mol. The zero-order valence-corrected chi connectivity index (χ0v) is 28.3. The van der Waals surface area contributed by atoms with Gasteiger partial charge in [0.15, 0.2) is 0 Å². The van der Waals surface area contributed by atoms with Gasteiger partial charge in [-0.05, 0) is 162 Å². The first-order chi connectivity index (χ1) is 21.1. The van der Waals surface area contributed by atoms with Crippen molar-refractivity contribution in [3.8, 4) is 0 Å². The Labute approximate surface area is 267 Å². The van der Waals surface area contributed by atoms with Gasteiger partial charge in [-0.25, -0.2) is 0 Å². The van der Waals surface area contributed by atoms with Crippen molar-refractivity contribution in [1.82, 2.24) is 15.5 Å². The summed E-state index contributed by atoms with van der Waals surface area (Å²) in [5, 5.41) is 15.6. The van der Waals surface area contributed by atoms with E-state index >= 15 is 0 Å². The second-order valence-electron chi connectivity index (χ2n) is 17.0. The first-order valence-electron chi connectivity index (χ1n) is 18.6. The van der Waals surface area contributed by atoms with Crippen molar-refractivity contribution in [2.45, 2.75) is 135 Å². The van der Waals surface area contributed by atoms with Crippen LogP contribution >= 0.6 is 0 Å². The first-order valence-corrected chi connectivity index (χ1v) is 18.6. The molecule has 0 aromatic carbocycles. The fraction of sp³-hybridized carbons (Fsp3) is 0.946. The lowest BCUT2D eigenvalue weighted by Crippen LogP contribution is -2.53. The van der Waals surface area contributed by atoms with Crippen molar-refractivity contribution < 1.29 is 19.4 Å². The monoisotopic (exact) mass is 613 g/mol. The Bertz CT molecular complexity index is 1010. The highest BCUT2D eigenvalue weighted by molar-refractivity contribution is 5.96. The number of carbonyl (C=O) groups is 2. The molecule has 4 unspecified atom stereocenters. The van der Waals surface area contributed by atoms with Crippen LogP contribution in [-0.4, -0.2) is 73.4 Å². The van der Waals surface area contributed by atoms with Gasteiger partial charge < -0.3 is 25.4 Å². The van der Waals surface area contributed by atoms with Crippen LogP contribution in [0.3, 0.4) is 0 Å². The third kappa shape index (κ3) is 6.63. The Kier molecular flexibility index (Phi) is 10.1. The van der Waals surface area contributed by atoms with Crippen LogP contribution < -0.4 is 10.6 Å². The lowest BCUT2D eigenvalue weighted by molar-refractivity contribution is -0.130. The lowest BCUT2D eigenvalue weighted by Gasteiger charge is -2.61. The van der Waals surface area contributed by atoms with Crippen LogP contribution in [0.1, 0.15) is 117 Å². The lowest BCUT2D eigenvalue weighted by atomic mass is 9.44. The number of aliphatic hydroxyl groups is 1. The van der Waals surface area contributed by atoms with E-state index in [1.165, 1.54) is 57.8 Å². The summed E-state index contributed by atoms with van der Waals surface area (Å²) in [5.74, 6) is 4.94. The summed E-state index contributed by atoms with van der Waals surface area (Å²) in [6.07, 6.45) is 18.0. The highest BCUT2D eigenvalue weighted by Crippen LogP contribution is 2.69. The van der Waals surface area contributed by atoms with Gasteiger partial charge in [0.25, 0.3) is 0 Å². The number of amides is 2. The number of likely N-dealkylation sites (tertiary alicyclic amines) is 1. The third-order valence-corrected chi connectivity index (χ3v) is 14.5. The number of hydrogen-bond donors (Lipinski definition) is 3. The van der Waals surface area contributed by atoms with E-state index < -0.39 is 0 Å². The average molecular weight is 614 g/mol. The number of hydrogen-bond acceptors (Lipinski definition) is 5. The van der Waals surface area contributed by atoms with Crippen LogP contribution in [0.25, 0.3) is 0 Å². The fourth-order valence-electron chi connectivity index (χ4n) is 11.7. The molecule has 11 atom stereocenters. The number of carbonyl (C=O) groups excluding carboxylic acids is 2. The molecule has 6 rings (SSSR count). The molecule has 3 N–H and O–H groups in total. The largest absolute Gasteiger partial charge is 0.396 e. The Morgan fingerprint density at radius 2 is 1.68 bits per heavy atom. The molecule has 4 saturated carbocycles. The number of aliphatic hydroxyl groups excluding tert-OH is 1. The molecule has 44 heavy (non-hydrogen) atoms. The number of fused-ring (bicyclic) bond motifs is 7. The van der Waals surface area contributed by atoms with Crippen LogP contribution in [0.2, 0.25) is 0 Å². The van der Waals surface area contributed by atoms with Crippen molar-refractivity contribution in [2.75, 3.05) is 33.3 Å². The molecule has 2 aliphatic heterocycles. The van der Waals surface area contributed by atoms with Crippen molar-refractivity contribution in [3.63, 3.8) is 0 Å². The van der Waals surface area contributed by atoms with E-state index in [1.54, 1.807) is 0 Å². The van der Waals surface area contributed by atoms with Gasteiger partial charge in [-0.3, -0.25) is 9.59 Å². The van der Waals surface area contributed by atoms with Gasteiger partial charge in [0.05, 0.1) is 12.2 Å². The SMILES string of the molecule is C[C@H](CO)CC[C@@H]1C[C@H]2C(CC3[C@@H]4CC[C@@H]5CC(CCNC(=O)CC(=O)NC6CCN(C)CC6)CC[C@]5(C)C4CC[C@@]32C)O1. The molecule has 7 heteroatoms. The zero-order chi connectivity index (χ0) is 31.1. The maximum Gasteiger partial charge on any atom is 0.229 e. The maximum atomic E-state index is 12.5. The molecule has 2 saturated heterocycles. The summed E-state index contributed by atoms with van der Waals surface area (Å²) in [6, 6.07) is 0.210. The van der Waals surface area contributed by atoms with Gasteiger partial charge >= 0.3 is 0 Å². The number of ether oxygens (including phenoxy) is 1. The molecule has 0 radical (unpaired) electrons. The Morgan fingerprint density at radius 3 is 2.45 bits per heavy atom. The second kappa shape index (κ2) is 13.5. The maximum absolute atomic E-state index is 12.5. The third-order valence-electron chi connectivity index (χ3n) is 14.5. The second-order valence-corrected chi connectivity index (χ2v) is 17.0. The standard InChI is InChI=1S/C37H63N3O4/c1-24(23-41)5-7-28-20-32-33(44-28)21-31-29-8-6-26-19-25(9-14-36(26,2)30(29)10-15-37(31,32)3)11-16-38-34(42)22-35(43)39-27-12-17-40(4)18-13-27/h24-33,41H,5-23H2,1-4H3,(H,38,42)(H,39,43)/t24-,25?,26+,28+,29+,30?,31?,32-,33?,36-,37-/m0/s1. The summed E-state index contributed by atoms with van der Waals surface area (Å²) in [4.78, 5) is 27.2. The van der Waals surface area contributed by atoms with Gasteiger partial charge in [0, 0.05) is 19.2 Å². The molecule has 7 nitrogen and oxygen atoms in total. The van der Waals surface area contributed by atoms with Crippen molar-refractivity contribution in [2.24, 2.45) is 52.3 Å². The van der Waals surface area contributed by atoms with E-state index in [1.807, 2.05) is 0 Å². The number of rotatable bonds is 10. The number of nitrogens with zero attached hydrogens (tertiary/aromatic N) is 1. The Balaban J connectivity index is 0.949. The topological polar surface area (TPSA) is 90.9 Å². The fourth-order valence-corrected chi connectivity index (χ4v) is 11.7. The highest BCUT2D eigenvalue weighted by atomic mass is 16.5. The smallest absolute Gasteiger partial charge is 0.229 e. The van der Waals surface area contributed by atoms with Crippen molar-refractivity contribution in [1.29, 1.82) is 0 Å². The van der Waals surface area contributed by atoms with E-state index in [-0.39, 0.29) is 24.3 Å². The predicted octanol–water partition coefficient (Wildman–Crippen LogP) is 5.54. The van der Waals surface area contributed by atoms with Crippen molar-refractivity contribution in [3.05, 3.63) is 0 Å². The van der Waals surface area contributed by atoms with E-state index in [2.05, 4.69) is 43.4 Å². The quantitative estimate of drug-likeness (QED) is 0.282. The molecule has 6 fully saturated rings. The molecule has 2 amide bonds. The molecule has 0 spiro atoms. The predicted molar refractivity (Wildman–Crippen MR) is 174 cm³/mol. The van der Waals surface area contributed by atoms with Crippen molar-refractivity contribution >= 4 is 11.8 Å². The summed E-state index contributed by atoms with van der Waals surface area (Å²) in [6.45, 7) is 10.4. The van der Waals surface area contributed by atoms with E-state index in [9.17, 15) is 14.7 Å². The van der Waals surface area contributed by atoms with Crippen LogP contribution in [0, 0.1) is 52.3 Å². The summed E-state index contributed by atoms with van der Waals surface area (Å²) in [5.41, 5.74) is 0.920. The van der Waals surface area contributed by atoms with Gasteiger partial charge in [0.2, 0.25) is 11.8 Å². The van der Waals surface area contributed by atoms with Crippen LogP contribution in [0.5, 0.6) is 0 Å². The van der Waals surface area contributed by atoms with Crippen LogP contribution in [0.15, 0.2) is 0 Å². The number of nitrogens with one attached hydrogen (secondary N) is 2. The summed E-state index contributed by atoms with van der Waals surface area (Å²) in [7, 11) is 2.11. The zero-order valence-electron chi connectivity index (χ0n) is 28.3. The minimum Gasteiger partial charge on any atom is -0.396 e. The van der Waals surface area contributed by atoms with Gasteiger partial charge in [-0.1, -0.05) is 20.8 Å². The Morgan fingerprint density at radius 1 is 0.909 bits per heavy atom. The molecule has 0 aromatic rings. The van der Waals surface area contributed by atoms with Gasteiger partial charge in [0.1, 0.15) is 6.42 Å². The Hall–Kier alpha value is -1.18. The van der Waals surface area contributed by atoms with Crippen LogP contribution in [-0.2, 0) is 14.3 Å². The average Bonchev–Trinajstić information content (AvgIpc) is 3.53. The van der Waals surface area contributed by atoms with E-state index in [4.69, 9.17) is 4.74 Å². The minimum absolute atomic E-state index is 0.0445. The summed E-state index contributed by atoms with van der Waals surface area (Å²) < 4.78 is 6.74. The molecule has 250 valence electrons.